The average Bonchev–Trinajstić information content (AvgIpc) is 2.78. The fourth-order valence-electron chi connectivity index (χ4n) is 1.58. The molecule has 0 amide bonds. The van der Waals surface area contributed by atoms with Crippen LogP contribution in [0.4, 0.5) is 0 Å². The molecule has 2 aromatic heterocycles. The van der Waals surface area contributed by atoms with Crippen molar-refractivity contribution in [2.24, 2.45) is 12.9 Å². The molecule has 0 fully saturated rings. The topological polar surface area (TPSA) is 90.9 Å². The van der Waals surface area contributed by atoms with Gasteiger partial charge in [-0.2, -0.15) is 5.10 Å². The van der Waals surface area contributed by atoms with Crippen LogP contribution in [0.1, 0.15) is 17.4 Å². The Hall–Kier alpha value is -1.99. The predicted octanol–water partition coefficient (Wildman–Crippen LogP) is -0.229. The van der Waals surface area contributed by atoms with Crippen LogP contribution in [0.25, 0.3) is 0 Å². The van der Waals surface area contributed by atoms with E-state index in [1.807, 2.05) is 19.2 Å². The van der Waals surface area contributed by atoms with E-state index in [-0.39, 0.29) is 6.04 Å². The van der Waals surface area contributed by atoms with E-state index in [1.54, 1.807) is 24.1 Å². The molecular weight excluding hydrogens is 220 g/mol. The molecule has 2 heterocycles. The van der Waals surface area contributed by atoms with Gasteiger partial charge in [0.05, 0.1) is 18.5 Å². The predicted molar refractivity (Wildman–Crippen MR) is 61.0 cm³/mol. The molecule has 7 nitrogen and oxygen atoms in total. The molecule has 0 bridgehead atoms. The lowest BCUT2D eigenvalue weighted by Crippen LogP contribution is -2.31. The molecule has 0 aliphatic heterocycles. The Labute approximate surface area is 98.6 Å². The standard InChI is InChI=1S/C10H14N6O/c1-16-8(5-6-12-16)10(13-11)7-3-4-9(17-2)15-14-7/h3-6,10,13H,11H2,1-2H3. The Morgan fingerprint density at radius 3 is 2.65 bits per heavy atom. The smallest absolute Gasteiger partial charge is 0.233 e. The van der Waals surface area contributed by atoms with Gasteiger partial charge < -0.3 is 4.74 Å². The van der Waals surface area contributed by atoms with Crippen LogP contribution >= 0.6 is 0 Å². The van der Waals surface area contributed by atoms with Gasteiger partial charge in [-0.3, -0.25) is 10.5 Å². The molecule has 0 spiro atoms. The van der Waals surface area contributed by atoms with Crippen LogP contribution < -0.4 is 16.0 Å². The fraction of sp³-hybridized carbons (Fsp3) is 0.300. The Bertz CT molecular complexity index is 480. The maximum atomic E-state index is 5.55. The number of hydrazine groups is 1. The van der Waals surface area contributed by atoms with E-state index in [1.165, 1.54) is 0 Å². The largest absolute Gasteiger partial charge is 0.480 e. The zero-order valence-corrected chi connectivity index (χ0v) is 9.66. The van der Waals surface area contributed by atoms with Gasteiger partial charge in [0.15, 0.2) is 0 Å². The summed E-state index contributed by atoms with van der Waals surface area (Å²) in [4.78, 5) is 0. The zero-order valence-electron chi connectivity index (χ0n) is 9.66. The highest BCUT2D eigenvalue weighted by Gasteiger charge is 2.17. The summed E-state index contributed by atoms with van der Waals surface area (Å²) in [7, 11) is 3.39. The lowest BCUT2D eigenvalue weighted by Gasteiger charge is -2.15. The van der Waals surface area contributed by atoms with Crippen LogP contribution in [-0.2, 0) is 7.05 Å². The SMILES string of the molecule is COc1ccc(C(NN)c2ccnn2C)nn1. The number of nitrogens with zero attached hydrogens (tertiary/aromatic N) is 4. The molecular formula is C10H14N6O. The summed E-state index contributed by atoms with van der Waals surface area (Å²) in [5, 5.41) is 12.1. The molecule has 0 saturated carbocycles. The summed E-state index contributed by atoms with van der Waals surface area (Å²) in [5.74, 6) is 6.01. The number of ether oxygens (including phenoxy) is 1. The third kappa shape index (κ3) is 2.24. The second-order valence-electron chi connectivity index (χ2n) is 3.48. The highest BCUT2D eigenvalue weighted by molar-refractivity contribution is 5.22. The quantitative estimate of drug-likeness (QED) is 0.561. The number of rotatable bonds is 4. The average molecular weight is 234 g/mol. The maximum absolute atomic E-state index is 5.55. The maximum Gasteiger partial charge on any atom is 0.233 e. The van der Waals surface area contributed by atoms with Gasteiger partial charge in [0.25, 0.3) is 0 Å². The summed E-state index contributed by atoms with van der Waals surface area (Å²) < 4.78 is 6.69. The van der Waals surface area contributed by atoms with Crippen LogP contribution in [0, 0.1) is 0 Å². The van der Waals surface area contributed by atoms with E-state index < -0.39 is 0 Å². The first kappa shape index (κ1) is 11.5. The molecule has 0 aliphatic carbocycles. The van der Waals surface area contributed by atoms with Crippen LogP contribution in [-0.4, -0.2) is 27.1 Å². The molecule has 0 radical (unpaired) electrons. The molecule has 0 saturated heterocycles. The van der Waals surface area contributed by atoms with E-state index in [2.05, 4.69) is 20.7 Å². The van der Waals surface area contributed by atoms with Crippen molar-refractivity contribution in [1.29, 1.82) is 0 Å². The van der Waals surface area contributed by atoms with E-state index in [0.717, 1.165) is 5.69 Å². The minimum atomic E-state index is -0.249. The number of aryl methyl sites for hydroxylation is 1. The first-order valence-corrected chi connectivity index (χ1v) is 5.08. The van der Waals surface area contributed by atoms with Crippen LogP contribution in [0.15, 0.2) is 24.4 Å². The molecule has 0 aliphatic rings. The normalized spacial score (nSPS) is 12.4. The van der Waals surface area contributed by atoms with Gasteiger partial charge in [0.2, 0.25) is 5.88 Å². The molecule has 2 aromatic rings. The third-order valence-corrected chi connectivity index (χ3v) is 2.49. The van der Waals surface area contributed by atoms with Crippen molar-refractivity contribution in [1.82, 2.24) is 25.4 Å². The molecule has 1 unspecified atom stereocenters. The summed E-state index contributed by atoms with van der Waals surface area (Å²) in [6.45, 7) is 0. The number of methoxy groups -OCH3 is 1. The van der Waals surface area contributed by atoms with Crippen LogP contribution in [0.5, 0.6) is 5.88 Å². The van der Waals surface area contributed by atoms with Gasteiger partial charge in [-0.1, -0.05) is 0 Å². The van der Waals surface area contributed by atoms with E-state index in [4.69, 9.17) is 10.6 Å². The summed E-state index contributed by atoms with van der Waals surface area (Å²) in [6, 6.07) is 5.17. The zero-order chi connectivity index (χ0) is 12.3. The minimum Gasteiger partial charge on any atom is -0.480 e. The molecule has 7 heteroatoms. The van der Waals surface area contributed by atoms with Crippen LogP contribution in [0.3, 0.4) is 0 Å². The van der Waals surface area contributed by atoms with E-state index >= 15 is 0 Å². The van der Waals surface area contributed by atoms with E-state index in [9.17, 15) is 0 Å². The molecule has 3 N–H and O–H groups in total. The monoisotopic (exact) mass is 234 g/mol. The molecule has 17 heavy (non-hydrogen) atoms. The van der Waals surface area contributed by atoms with Crippen molar-refractivity contribution in [2.75, 3.05) is 7.11 Å². The first-order valence-electron chi connectivity index (χ1n) is 5.08. The van der Waals surface area contributed by atoms with Gasteiger partial charge >= 0.3 is 0 Å². The van der Waals surface area contributed by atoms with E-state index in [0.29, 0.717) is 11.6 Å². The van der Waals surface area contributed by atoms with Crippen molar-refractivity contribution in [2.45, 2.75) is 6.04 Å². The van der Waals surface area contributed by atoms with Crippen molar-refractivity contribution in [3.8, 4) is 5.88 Å². The second-order valence-corrected chi connectivity index (χ2v) is 3.48. The number of hydrogen-bond donors (Lipinski definition) is 2. The summed E-state index contributed by atoms with van der Waals surface area (Å²) >= 11 is 0. The second kappa shape index (κ2) is 4.89. The highest BCUT2D eigenvalue weighted by Crippen LogP contribution is 2.18. The van der Waals surface area contributed by atoms with Crippen molar-refractivity contribution in [3.05, 3.63) is 35.8 Å². The molecule has 0 aromatic carbocycles. The minimum absolute atomic E-state index is 0.249. The fourth-order valence-corrected chi connectivity index (χ4v) is 1.58. The van der Waals surface area contributed by atoms with Gasteiger partial charge in [-0.05, 0) is 12.1 Å². The number of nitrogens with two attached hydrogens (primary N) is 1. The molecule has 2 rings (SSSR count). The Morgan fingerprint density at radius 1 is 1.35 bits per heavy atom. The van der Waals surface area contributed by atoms with Crippen molar-refractivity contribution < 1.29 is 4.74 Å². The number of aromatic nitrogens is 4. The van der Waals surface area contributed by atoms with Crippen LogP contribution in [0.2, 0.25) is 0 Å². The van der Waals surface area contributed by atoms with Gasteiger partial charge in [-0.15, -0.1) is 10.2 Å². The lowest BCUT2D eigenvalue weighted by atomic mass is 10.1. The molecule has 90 valence electrons. The Kier molecular flexibility index (Phi) is 3.31. The van der Waals surface area contributed by atoms with Gasteiger partial charge in [0.1, 0.15) is 6.04 Å². The van der Waals surface area contributed by atoms with Gasteiger partial charge in [0, 0.05) is 19.3 Å². The number of nitrogens with one attached hydrogen (secondary N) is 1. The highest BCUT2D eigenvalue weighted by atomic mass is 16.5. The van der Waals surface area contributed by atoms with Gasteiger partial charge in [-0.25, -0.2) is 5.43 Å². The van der Waals surface area contributed by atoms with Crippen molar-refractivity contribution in [3.63, 3.8) is 0 Å². The Balaban J connectivity index is 2.32. The lowest BCUT2D eigenvalue weighted by molar-refractivity contribution is 0.390. The molecule has 1 atom stereocenters. The summed E-state index contributed by atoms with van der Waals surface area (Å²) in [5.41, 5.74) is 4.31. The first-order chi connectivity index (χ1) is 8.26. The summed E-state index contributed by atoms with van der Waals surface area (Å²) in [6.07, 6.45) is 1.70. The number of hydrogen-bond acceptors (Lipinski definition) is 6. The third-order valence-electron chi connectivity index (χ3n) is 2.49. The van der Waals surface area contributed by atoms with Crippen molar-refractivity contribution >= 4 is 0 Å². The Morgan fingerprint density at radius 2 is 2.18 bits per heavy atom.